The number of hydrogen-bond donors (Lipinski definition) is 1. The van der Waals surface area contributed by atoms with Crippen molar-refractivity contribution in [2.24, 2.45) is 11.7 Å². The topological polar surface area (TPSA) is 44.5 Å². The van der Waals surface area contributed by atoms with E-state index < -0.39 is 0 Å². The lowest BCUT2D eigenvalue weighted by Crippen LogP contribution is -2.41. The zero-order valence-corrected chi connectivity index (χ0v) is 11.5. The summed E-state index contributed by atoms with van der Waals surface area (Å²) in [7, 11) is -0.260. The zero-order valence-electron chi connectivity index (χ0n) is 11.5. The molecule has 94 valence electrons. The number of rotatable bonds is 4. The highest BCUT2D eigenvalue weighted by Gasteiger charge is 2.52. The van der Waals surface area contributed by atoms with Gasteiger partial charge in [0.2, 0.25) is 0 Å². The van der Waals surface area contributed by atoms with Crippen molar-refractivity contribution in [1.82, 2.24) is 0 Å². The second-order valence-corrected chi connectivity index (χ2v) is 6.26. The molecule has 1 aliphatic heterocycles. The van der Waals surface area contributed by atoms with Gasteiger partial charge in [0.25, 0.3) is 0 Å². The van der Waals surface area contributed by atoms with Gasteiger partial charge in [-0.25, -0.2) is 0 Å². The molecule has 0 aromatic rings. The maximum atomic E-state index is 6.12. The lowest BCUT2D eigenvalue weighted by Gasteiger charge is -2.32. The van der Waals surface area contributed by atoms with Crippen molar-refractivity contribution in [3.63, 3.8) is 0 Å². The van der Waals surface area contributed by atoms with E-state index in [0.717, 1.165) is 12.8 Å². The molecule has 0 spiro atoms. The van der Waals surface area contributed by atoms with Gasteiger partial charge in [0.15, 0.2) is 0 Å². The predicted octanol–water partition coefficient (Wildman–Crippen LogP) is 2.38. The molecule has 0 bridgehead atoms. The maximum Gasteiger partial charge on any atom is 0.475 e. The van der Waals surface area contributed by atoms with Gasteiger partial charge in [0.05, 0.1) is 11.2 Å². The SMILES string of the molecule is CC(C)CC[C@H](N)B1OC(C)(C)C(C)(C)O1. The van der Waals surface area contributed by atoms with Crippen LogP contribution in [0.3, 0.4) is 0 Å². The Morgan fingerprint density at radius 2 is 1.44 bits per heavy atom. The highest BCUT2D eigenvalue weighted by molar-refractivity contribution is 6.47. The van der Waals surface area contributed by atoms with E-state index in [4.69, 9.17) is 15.0 Å². The molecule has 0 aromatic carbocycles. The summed E-state index contributed by atoms with van der Waals surface area (Å²) in [4.78, 5) is 0. The van der Waals surface area contributed by atoms with Crippen LogP contribution in [0.1, 0.15) is 54.4 Å². The van der Waals surface area contributed by atoms with Gasteiger partial charge < -0.3 is 15.0 Å². The zero-order chi connectivity index (χ0) is 12.6. The predicted molar refractivity (Wildman–Crippen MR) is 68.1 cm³/mol. The first-order chi connectivity index (χ1) is 7.16. The fourth-order valence-electron chi connectivity index (χ4n) is 1.73. The van der Waals surface area contributed by atoms with Crippen LogP contribution in [0.5, 0.6) is 0 Å². The second-order valence-electron chi connectivity index (χ2n) is 6.26. The third-order valence-corrected chi connectivity index (χ3v) is 3.70. The highest BCUT2D eigenvalue weighted by Crippen LogP contribution is 2.37. The molecule has 1 heterocycles. The molecule has 1 saturated heterocycles. The summed E-state index contributed by atoms with van der Waals surface area (Å²) in [5.74, 6) is 0.650. The van der Waals surface area contributed by atoms with Crippen LogP contribution in [0, 0.1) is 5.92 Å². The van der Waals surface area contributed by atoms with Crippen molar-refractivity contribution >= 4 is 7.12 Å². The van der Waals surface area contributed by atoms with Crippen LogP contribution in [0.4, 0.5) is 0 Å². The van der Waals surface area contributed by atoms with E-state index in [0.29, 0.717) is 5.92 Å². The molecule has 1 aliphatic rings. The van der Waals surface area contributed by atoms with E-state index in [1.807, 2.05) is 0 Å². The number of hydrogen-bond acceptors (Lipinski definition) is 3. The van der Waals surface area contributed by atoms with Crippen molar-refractivity contribution in [1.29, 1.82) is 0 Å². The van der Waals surface area contributed by atoms with Gasteiger partial charge in [-0.15, -0.1) is 0 Å². The van der Waals surface area contributed by atoms with Crippen LogP contribution in [-0.4, -0.2) is 24.3 Å². The van der Waals surface area contributed by atoms with Crippen molar-refractivity contribution in [3.05, 3.63) is 0 Å². The Kier molecular flexibility index (Phi) is 4.09. The average molecular weight is 227 g/mol. The summed E-state index contributed by atoms with van der Waals surface area (Å²) >= 11 is 0. The smallest absolute Gasteiger partial charge is 0.402 e. The van der Waals surface area contributed by atoms with Gasteiger partial charge in [0, 0.05) is 5.94 Å². The van der Waals surface area contributed by atoms with E-state index in [-0.39, 0.29) is 24.3 Å². The van der Waals surface area contributed by atoms with Crippen LogP contribution in [0.15, 0.2) is 0 Å². The van der Waals surface area contributed by atoms with Gasteiger partial charge in [-0.05, 0) is 46.5 Å². The monoisotopic (exact) mass is 227 g/mol. The third kappa shape index (κ3) is 2.99. The van der Waals surface area contributed by atoms with Crippen molar-refractivity contribution in [2.75, 3.05) is 0 Å². The number of nitrogens with two attached hydrogens (primary N) is 1. The molecule has 0 radical (unpaired) electrons. The highest BCUT2D eigenvalue weighted by atomic mass is 16.7. The molecule has 4 heteroatoms. The molecular formula is C12H26BNO2. The van der Waals surface area contributed by atoms with Gasteiger partial charge in [-0.1, -0.05) is 13.8 Å². The molecule has 0 saturated carbocycles. The van der Waals surface area contributed by atoms with Crippen LogP contribution in [0.2, 0.25) is 0 Å². The van der Waals surface area contributed by atoms with Crippen molar-refractivity contribution in [3.8, 4) is 0 Å². The van der Waals surface area contributed by atoms with E-state index >= 15 is 0 Å². The lowest BCUT2D eigenvalue weighted by atomic mass is 9.75. The largest absolute Gasteiger partial charge is 0.475 e. The Morgan fingerprint density at radius 3 is 1.81 bits per heavy atom. The first kappa shape index (κ1) is 14.0. The normalized spacial score (nSPS) is 25.1. The molecule has 1 fully saturated rings. The molecule has 0 unspecified atom stereocenters. The van der Waals surface area contributed by atoms with Gasteiger partial charge >= 0.3 is 7.12 Å². The van der Waals surface area contributed by atoms with Crippen LogP contribution < -0.4 is 5.73 Å². The van der Waals surface area contributed by atoms with E-state index in [2.05, 4.69) is 41.5 Å². The summed E-state index contributed by atoms with van der Waals surface area (Å²) in [6.45, 7) is 12.6. The first-order valence-corrected chi connectivity index (χ1v) is 6.27. The van der Waals surface area contributed by atoms with Crippen LogP contribution >= 0.6 is 0 Å². The molecule has 1 rings (SSSR count). The fraction of sp³-hybridized carbons (Fsp3) is 1.00. The van der Waals surface area contributed by atoms with Gasteiger partial charge in [-0.3, -0.25) is 0 Å². The van der Waals surface area contributed by atoms with Gasteiger partial charge in [-0.2, -0.15) is 0 Å². The molecule has 0 amide bonds. The summed E-state index contributed by atoms with van der Waals surface area (Å²) in [6.07, 6.45) is 2.07. The Balaban J connectivity index is 2.52. The Morgan fingerprint density at radius 1 is 1.00 bits per heavy atom. The Bertz CT molecular complexity index is 225. The Hall–Kier alpha value is -0.0551. The molecule has 0 aliphatic carbocycles. The lowest BCUT2D eigenvalue weighted by molar-refractivity contribution is 0.00578. The van der Waals surface area contributed by atoms with E-state index in [1.54, 1.807) is 0 Å². The van der Waals surface area contributed by atoms with E-state index in [9.17, 15) is 0 Å². The third-order valence-electron chi connectivity index (χ3n) is 3.70. The summed E-state index contributed by atoms with van der Waals surface area (Å²) in [5, 5.41) is 0. The average Bonchev–Trinajstić information content (AvgIpc) is 2.32. The minimum atomic E-state index is -0.271. The van der Waals surface area contributed by atoms with Crippen molar-refractivity contribution < 1.29 is 9.31 Å². The second kappa shape index (κ2) is 4.67. The fourth-order valence-corrected chi connectivity index (χ4v) is 1.73. The van der Waals surface area contributed by atoms with Gasteiger partial charge in [0.1, 0.15) is 0 Å². The minimum Gasteiger partial charge on any atom is -0.402 e. The molecule has 3 nitrogen and oxygen atoms in total. The standard InChI is InChI=1S/C12H26BNO2/c1-9(2)7-8-10(14)13-15-11(3,4)12(5,6)16-13/h9-10H,7-8,14H2,1-6H3/t10-/m0/s1. The summed E-state index contributed by atoms with van der Waals surface area (Å²) in [6, 6.07) is 0. The molecule has 0 aromatic heterocycles. The van der Waals surface area contributed by atoms with Crippen LogP contribution in [0.25, 0.3) is 0 Å². The summed E-state index contributed by atoms with van der Waals surface area (Å²) in [5.41, 5.74) is 5.58. The molecule has 2 N–H and O–H groups in total. The van der Waals surface area contributed by atoms with Crippen molar-refractivity contribution in [2.45, 2.75) is 71.5 Å². The van der Waals surface area contributed by atoms with E-state index in [1.165, 1.54) is 0 Å². The first-order valence-electron chi connectivity index (χ1n) is 6.27. The summed E-state index contributed by atoms with van der Waals surface area (Å²) < 4.78 is 11.8. The minimum absolute atomic E-state index is 0.0246. The molecular weight excluding hydrogens is 201 g/mol. The molecule has 1 atom stereocenters. The van der Waals surface area contributed by atoms with Crippen LogP contribution in [-0.2, 0) is 9.31 Å². The molecule has 16 heavy (non-hydrogen) atoms. The quantitative estimate of drug-likeness (QED) is 0.750. The Labute approximate surface area is 100 Å². The maximum absolute atomic E-state index is 6.12.